The van der Waals surface area contributed by atoms with Crippen molar-refractivity contribution >= 4 is 71.6 Å². The van der Waals surface area contributed by atoms with Crippen molar-refractivity contribution in [1.29, 1.82) is 0 Å². The molecular formula is C52H34N2O. The highest BCUT2D eigenvalue weighted by Gasteiger charge is 2.22. The van der Waals surface area contributed by atoms with Gasteiger partial charge < -0.3 is 13.9 Å². The summed E-state index contributed by atoms with van der Waals surface area (Å²) in [6, 6.07) is 74.0. The fourth-order valence-corrected chi connectivity index (χ4v) is 8.43. The van der Waals surface area contributed by atoms with Crippen LogP contribution in [-0.4, -0.2) is 4.57 Å². The molecule has 0 saturated heterocycles. The number of para-hydroxylation sites is 2. The Morgan fingerprint density at radius 1 is 0.382 bits per heavy atom. The van der Waals surface area contributed by atoms with E-state index >= 15 is 0 Å². The molecule has 0 amide bonds. The van der Waals surface area contributed by atoms with Crippen molar-refractivity contribution in [3.05, 3.63) is 206 Å². The van der Waals surface area contributed by atoms with Crippen LogP contribution in [0.4, 0.5) is 17.1 Å². The van der Waals surface area contributed by atoms with Crippen molar-refractivity contribution in [3.8, 4) is 27.9 Å². The molecule has 3 heteroatoms. The minimum atomic E-state index is 0.868. The third-order valence-corrected chi connectivity index (χ3v) is 10.9. The molecule has 55 heavy (non-hydrogen) atoms. The Labute approximate surface area is 318 Å². The highest BCUT2D eigenvalue weighted by molar-refractivity contribution is 6.24. The van der Waals surface area contributed by atoms with Gasteiger partial charge in [0.05, 0.1) is 11.0 Å². The van der Waals surface area contributed by atoms with Crippen molar-refractivity contribution in [3.63, 3.8) is 0 Å². The molecule has 2 aromatic heterocycles. The maximum absolute atomic E-state index is 6.41. The van der Waals surface area contributed by atoms with Crippen molar-refractivity contribution in [2.75, 3.05) is 4.90 Å². The van der Waals surface area contributed by atoms with Gasteiger partial charge in [0.15, 0.2) is 0 Å². The van der Waals surface area contributed by atoms with Crippen molar-refractivity contribution < 1.29 is 4.42 Å². The summed E-state index contributed by atoms with van der Waals surface area (Å²) in [6.07, 6.45) is 0. The summed E-state index contributed by atoms with van der Waals surface area (Å²) in [6.45, 7) is 0. The van der Waals surface area contributed by atoms with E-state index in [1.54, 1.807) is 0 Å². The van der Waals surface area contributed by atoms with Crippen molar-refractivity contribution in [2.45, 2.75) is 0 Å². The van der Waals surface area contributed by atoms with E-state index in [2.05, 4.69) is 204 Å². The zero-order valence-electron chi connectivity index (χ0n) is 29.9. The van der Waals surface area contributed by atoms with Gasteiger partial charge in [0, 0.05) is 55.7 Å². The Balaban J connectivity index is 1.21. The molecule has 0 aliphatic carbocycles. The second kappa shape index (κ2) is 12.6. The standard InChI is InChI=1S/C52H34N2O/c1-4-14-35(15-5-1)36-24-26-40(27-25-36)54-48-33-41(29-31-46(48)51-47(37-16-6-2-7-17-37)32-38-18-10-11-21-43(38)52(51)54)53(39-19-8-3-9-20-39)42-28-30-45-44-22-12-13-23-49(44)55-50(45)34-42/h1-34H. The van der Waals surface area contributed by atoms with Crippen LogP contribution in [0, 0.1) is 0 Å². The number of rotatable bonds is 6. The topological polar surface area (TPSA) is 21.3 Å². The first-order valence-corrected chi connectivity index (χ1v) is 18.8. The Kier molecular flexibility index (Phi) is 7.17. The number of nitrogens with zero attached hydrogens (tertiary/aromatic N) is 2. The molecule has 0 unspecified atom stereocenters. The van der Waals surface area contributed by atoms with Gasteiger partial charge >= 0.3 is 0 Å². The average molecular weight is 703 g/mol. The number of benzene rings is 9. The van der Waals surface area contributed by atoms with Gasteiger partial charge in [-0.2, -0.15) is 0 Å². The number of furan rings is 1. The first-order valence-electron chi connectivity index (χ1n) is 18.8. The minimum absolute atomic E-state index is 0.868. The van der Waals surface area contributed by atoms with E-state index in [1.165, 1.54) is 49.3 Å². The molecule has 0 fully saturated rings. The van der Waals surface area contributed by atoms with Crippen LogP contribution in [0.2, 0.25) is 0 Å². The maximum Gasteiger partial charge on any atom is 0.137 e. The fraction of sp³-hybridized carbons (Fsp3) is 0. The zero-order valence-corrected chi connectivity index (χ0v) is 29.9. The molecule has 11 rings (SSSR count). The second-order valence-electron chi connectivity index (χ2n) is 14.1. The SMILES string of the molecule is c1ccc(-c2ccc(-n3c4cc(N(c5ccccc5)c5ccc6c(c5)oc5ccccc56)ccc4c4c(-c5ccccc5)cc5ccccc5c43)cc2)cc1. The summed E-state index contributed by atoms with van der Waals surface area (Å²) in [5.41, 5.74) is 13.2. The molecule has 0 N–H and O–H groups in total. The predicted octanol–water partition coefficient (Wildman–Crippen LogP) is 14.6. The van der Waals surface area contributed by atoms with Crippen molar-refractivity contribution in [1.82, 2.24) is 4.57 Å². The fourth-order valence-electron chi connectivity index (χ4n) is 8.43. The normalized spacial score (nSPS) is 11.6. The lowest BCUT2D eigenvalue weighted by Crippen LogP contribution is -2.10. The van der Waals surface area contributed by atoms with E-state index in [0.29, 0.717) is 0 Å². The van der Waals surface area contributed by atoms with E-state index < -0.39 is 0 Å². The van der Waals surface area contributed by atoms with E-state index in [1.807, 2.05) is 12.1 Å². The Morgan fingerprint density at radius 2 is 0.964 bits per heavy atom. The van der Waals surface area contributed by atoms with Crippen LogP contribution in [0.25, 0.3) is 82.5 Å². The highest BCUT2D eigenvalue weighted by Crippen LogP contribution is 2.46. The molecule has 11 aromatic rings. The predicted molar refractivity (Wildman–Crippen MR) is 231 cm³/mol. The zero-order chi connectivity index (χ0) is 36.3. The molecular weight excluding hydrogens is 669 g/mol. The van der Waals surface area contributed by atoms with E-state index in [9.17, 15) is 0 Å². The Bertz CT molecular complexity index is 3180. The minimum Gasteiger partial charge on any atom is -0.456 e. The summed E-state index contributed by atoms with van der Waals surface area (Å²) in [5.74, 6) is 0. The lowest BCUT2D eigenvalue weighted by atomic mass is 9.95. The van der Waals surface area contributed by atoms with Gasteiger partial charge in [-0.3, -0.25) is 0 Å². The van der Waals surface area contributed by atoms with Crippen LogP contribution in [0.15, 0.2) is 211 Å². The first-order chi connectivity index (χ1) is 27.3. The van der Waals surface area contributed by atoms with Gasteiger partial charge in [0.25, 0.3) is 0 Å². The van der Waals surface area contributed by atoms with Gasteiger partial charge in [-0.15, -0.1) is 0 Å². The first kappa shape index (κ1) is 31.2. The van der Waals surface area contributed by atoms with Gasteiger partial charge in [0.1, 0.15) is 11.2 Å². The quantitative estimate of drug-likeness (QED) is 0.172. The average Bonchev–Trinajstić information content (AvgIpc) is 3.80. The number of fused-ring (bicyclic) bond motifs is 8. The summed E-state index contributed by atoms with van der Waals surface area (Å²) in [4.78, 5) is 2.34. The molecule has 0 saturated carbocycles. The molecule has 0 aliphatic rings. The lowest BCUT2D eigenvalue weighted by Gasteiger charge is -2.25. The monoisotopic (exact) mass is 702 g/mol. The summed E-state index contributed by atoms with van der Waals surface area (Å²) < 4.78 is 8.88. The molecule has 258 valence electrons. The molecule has 0 spiro atoms. The van der Waals surface area contributed by atoms with E-state index in [-0.39, 0.29) is 0 Å². The molecule has 2 heterocycles. The third-order valence-electron chi connectivity index (χ3n) is 10.9. The van der Waals surface area contributed by atoms with Gasteiger partial charge in [0.2, 0.25) is 0 Å². The molecule has 0 atom stereocenters. The summed E-state index contributed by atoms with van der Waals surface area (Å²) in [5, 5.41) is 7.12. The van der Waals surface area contributed by atoms with Crippen LogP contribution in [0.5, 0.6) is 0 Å². The summed E-state index contributed by atoms with van der Waals surface area (Å²) >= 11 is 0. The largest absolute Gasteiger partial charge is 0.456 e. The molecule has 0 aliphatic heterocycles. The third kappa shape index (κ3) is 5.13. The smallest absolute Gasteiger partial charge is 0.137 e. The number of hydrogen-bond acceptors (Lipinski definition) is 2. The van der Waals surface area contributed by atoms with Crippen LogP contribution >= 0.6 is 0 Å². The highest BCUT2D eigenvalue weighted by atomic mass is 16.3. The second-order valence-corrected chi connectivity index (χ2v) is 14.1. The lowest BCUT2D eigenvalue weighted by molar-refractivity contribution is 0.669. The molecule has 9 aromatic carbocycles. The van der Waals surface area contributed by atoms with E-state index in [0.717, 1.165) is 50.2 Å². The van der Waals surface area contributed by atoms with Gasteiger partial charge in [-0.05, 0) is 88.3 Å². The Hall–Kier alpha value is -7.36. The van der Waals surface area contributed by atoms with Crippen molar-refractivity contribution in [2.24, 2.45) is 0 Å². The number of hydrogen-bond donors (Lipinski definition) is 0. The van der Waals surface area contributed by atoms with E-state index in [4.69, 9.17) is 4.42 Å². The van der Waals surface area contributed by atoms with Crippen LogP contribution in [0.3, 0.4) is 0 Å². The van der Waals surface area contributed by atoms with Crippen LogP contribution < -0.4 is 4.90 Å². The van der Waals surface area contributed by atoms with Crippen LogP contribution in [-0.2, 0) is 0 Å². The molecule has 0 bridgehead atoms. The molecule has 3 nitrogen and oxygen atoms in total. The summed E-state index contributed by atoms with van der Waals surface area (Å²) in [7, 11) is 0. The number of anilines is 3. The molecule has 0 radical (unpaired) electrons. The Morgan fingerprint density at radius 3 is 1.73 bits per heavy atom. The van der Waals surface area contributed by atoms with Gasteiger partial charge in [-0.25, -0.2) is 0 Å². The van der Waals surface area contributed by atoms with Crippen LogP contribution in [0.1, 0.15) is 0 Å². The maximum atomic E-state index is 6.41. The number of aromatic nitrogens is 1. The van der Waals surface area contributed by atoms with Gasteiger partial charge in [-0.1, -0.05) is 140 Å².